The molecule has 0 aliphatic carbocycles. The summed E-state index contributed by atoms with van der Waals surface area (Å²) in [5.41, 5.74) is 0.646. The SMILES string of the molecule is COc1c(Cl)cc(Cl)cc1C(=O)c1[nH]c(Br)c(Br)c1Br. The van der Waals surface area contributed by atoms with Gasteiger partial charge in [-0.3, -0.25) is 4.79 Å². The lowest BCUT2D eigenvalue weighted by Gasteiger charge is -2.09. The average Bonchev–Trinajstić information content (AvgIpc) is 2.65. The lowest BCUT2D eigenvalue weighted by Crippen LogP contribution is -2.05. The zero-order chi connectivity index (χ0) is 15.0. The van der Waals surface area contributed by atoms with Crippen LogP contribution in [0.5, 0.6) is 5.75 Å². The van der Waals surface area contributed by atoms with Crippen molar-refractivity contribution in [2.24, 2.45) is 0 Å². The summed E-state index contributed by atoms with van der Waals surface area (Å²) in [4.78, 5) is 15.5. The number of aromatic nitrogens is 1. The maximum Gasteiger partial charge on any atom is 0.214 e. The van der Waals surface area contributed by atoms with Gasteiger partial charge in [0.1, 0.15) is 11.4 Å². The molecular weight excluding hydrogens is 501 g/mol. The first-order chi connectivity index (χ1) is 9.36. The van der Waals surface area contributed by atoms with Gasteiger partial charge in [-0.25, -0.2) is 0 Å². The minimum Gasteiger partial charge on any atom is -0.494 e. The monoisotopic (exact) mass is 503 g/mol. The van der Waals surface area contributed by atoms with E-state index in [1.165, 1.54) is 19.2 Å². The number of aromatic amines is 1. The third-order valence-electron chi connectivity index (χ3n) is 2.52. The number of methoxy groups -OCH3 is 1. The second-order valence-electron chi connectivity index (χ2n) is 3.74. The van der Waals surface area contributed by atoms with Crippen molar-refractivity contribution in [1.82, 2.24) is 4.98 Å². The molecule has 0 amide bonds. The van der Waals surface area contributed by atoms with Crippen molar-refractivity contribution in [3.05, 3.63) is 47.0 Å². The highest BCUT2D eigenvalue weighted by Gasteiger charge is 2.24. The maximum absolute atomic E-state index is 12.6. The van der Waals surface area contributed by atoms with Crippen LogP contribution in [-0.4, -0.2) is 17.9 Å². The van der Waals surface area contributed by atoms with Gasteiger partial charge in [-0.1, -0.05) is 23.2 Å². The van der Waals surface area contributed by atoms with Gasteiger partial charge in [-0.15, -0.1) is 0 Å². The van der Waals surface area contributed by atoms with Gasteiger partial charge in [0.05, 0.1) is 31.2 Å². The van der Waals surface area contributed by atoms with E-state index in [9.17, 15) is 4.79 Å². The van der Waals surface area contributed by atoms with Crippen LogP contribution in [0.2, 0.25) is 10.0 Å². The minimum atomic E-state index is -0.287. The zero-order valence-electron chi connectivity index (χ0n) is 9.86. The van der Waals surface area contributed by atoms with Gasteiger partial charge in [0.25, 0.3) is 0 Å². The van der Waals surface area contributed by atoms with Gasteiger partial charge in [0.15, 0.2) is 0 Å². The summed E-state index contributed by atoms with van der Waals surface area (Å²) in [5.74, 6) is -0.000614. The number of ether oxygens (including phenoxy) is 1. The first-order valence-electron chi connectivity index (χ1n) is 5.17. The molecule has 106 valence electrons. The van der Waals surface area contributed by atoms with E-state index >= 15 is 0 Å². The van der Waals surface area contributed by atoms with E-state index in [1.54, 1.807) is 0 Å². The molecule has 1 heterocycles. The molecule has 0 aliphatic rings. The van der Waals surface area contributed by atoms with E-state index in [-0.39, 0.29) is 22.1 Å². The van der Waals surface area contributed by atoms with Crippen LogP contribution in [0.4, 0.5) is 0 Å². The van der Waals surface area contributed by atoms with Gasteiger partial charge in [0.2, 0.25) is 5.78 Å². The molecule has 8 heteroatoms. The zero-order valence-corrected chi connectivity index (χ0v) is 16.1. The Bertz CT molecular complexity index is 700. The lowest BCUT2D eigenvalue weighted by molar-refractivity contribution is 0.103. The molecule has 0 bridgehead atoms. The molecule has 0 unspecified atom stereocenters. The number of rotatable bonds is 3. The van der Waals surface area contributed by atoms with Gasteiger partial charge >= 0.3 is 0 Å². The van der Waals surface area contributed by atoms with E-state index in [4.69, 9.17) is 27.9 Å². The Balaban J connectivity index is 2.61. The minimum absolute atomic E-state index is 0.282. The van der Waals surface area contributed by atoms with Gasteiger partial charge in [-0.05, 0) is 59.9 Å². The molecule has 1 aromatic heterocycles. The summed E-state index contributed by atoms with van der Waals surface area (Å²) in [6, 6.07) is 3.04. The molecule has 0 spiro atoms. The van der Waals surface area contributed by atoms with Crippen LogP contribution in [0.3, 0.4) is 0 Å². The fourth-order valence-corrected chi connectivity index (χ4v) is 3.66. The summed E-state index contributed by atoms with van der Waals surface area (Å²) in [6.45, 7) is 0. The number of H-pyrrole nitrogens is 1. The van der Waals surface area contributed by atoms with E-state index in [0.717, 1.165) is 0 Å². The molecule has 2 rings (SSSR count). The quantitative estimate of drug-likeness (QED) is 0.531. The van der Waals surface area contributed by atoms with Crippen molar-refractivity contribution >= 4 is 76.8 Å². The predicted octanol–water partition coefficient (Wildman–Crippen LogP) is 5.85. The molecule has 3 nitrogen and oxygen atoms in total. The Labute approximate surface area is 150 Å². The Morgan fingerprint density at radius 2 is 1.85 bits per heavy atom. The summed E-state index contributed by atoms with van der Waals surface area (Å²) >= 11 is 22.0. The Hall–Kier alpha value is -0.0100. The fourth-order valence-electron chi connectivity index (χ4n) is 1.65. The van der Waals surface area contributed by atoms with Gasteiger partial charge in [-0.2, -0.15) is 0 Å². The van der Waals surface area contributed by atoms with Gasteiger partial charge < -0.3 is 9.72 Å². The molecule has 0 radical (unpaired) electrons. The van der Waals surface area contributed by atoms with Crippen LogP contribution >= 0.6 is 71.0 Å². The van der Waals surface area contributed by atoms with Crippen molar-refractivity contribution in [2.45, 2.75) is 0 Å². The number of ketones is 1. The summed E-state index contributed by atoms with van der Waals surface area (Å²) in [7, 11) is 1.45. The second kappa shape index (κ2) is 6.40. The predicted molar refractivity (Wildman–Crippen MR) is 90.3 cm³/mol. The molecule has 1 N–H and O–H groups in total. The summed E-state index contributed by atoms with van der Waals surface area (Å²) in [6.07, 6.45) is 0. The third kappa shape index (κ3) is 2.95. The topological polar surface area (TPSA) is 42.1 Å². The van der Waals surface area contributed by atoms with Crippen molar-refractivity contribution in [3.8, 4) is 5.75 Å². The van der Waals surface area contributed by atoms with Crippen LogP contribution in [0, 0.1) is 0 Å². The second-order valence-corrected chi connectivity index (χ2v) is 6.96. The molecule has 0 saturated carbocycles. The molecule has 20 heavy (non-hydrogen) atoms. The first-order valence-corrected chi connectivity index (χ1v) is 8.30. The van der Waals surface area contributed by atoms with Crippen LogP contribution < -0.4 is 4.74 Å². The summed E-state index contributed by atoms with van der Waals surface area (Å²) < 4.78 is 7.16. The number of halogens is 5. The number of nitrogens with one attached hydrogen (secondary N) is 1. The fraction of sp³-hybridized carbons (Fsp3) is 0.0833. The van der Waals surface area contributed by atoms with Crippen LogP contribution in [0.25, 0.3) is 0 Å². The van der Waals surface area contributed by atoms with Crippen molar-refractivity contribution in [2.75, 3.05) is 7.11 Å². The number of hydrogen-bond donors (Lipinski definition) is 1. The van der Waals surface area contributed by atoms with E-state index in [1.807, 2.05) is 0 Å². The molecule has 0 atom stereocenters. The standard InChI is InChI=1S/C12H6Br3Cl2NO2/c1-20-11-5(2-4(16)3-6(11)17)10(19)9-7(13)8(14)12(15)18-9/h2-3,18H,1H3. The van der Waals surface area contributed by atoms with E-state index < -0.39 is 0 Å². The first kappa shape index (κ1) is 16.4. The van der Waals surface area contributed by atoms with E-state index in [2.05, 4.69) is 52.8 Å². The maximum atomic E-state index is 12.6. The molecule has 0 fully saturated rings. The van der Waals surface area contributed by atoms with Crippen LogP contribution in [0.15, 0.2) is 25.7 Å². The third-order valence-corrected chi connectivity index (χ3v) is 6.27. The number of hydrogen-bond acceptors (Lipinski definition) is 2. The molecule has 2 aromatic rings. The van der Waals surface area contributed by atoms with E-state index in [0.29, 0.717) is 24.3 Å². The molecule has 0 aliphatic heterocycles. The van der Waals surface area contributed by atoms with Crippen molar-refractivity contribution in [3.63, 3.8) is 0 Å². The van der Waals surface area contributed by atoms with Crippen LogP contribution in [0.1, 0.15) is 16.1 Å². The highest BCUT2D eigenvalue weighted by Crippen LogP contribution is 2.38. The Morgan fingerprint density at radius 1 is 1.20 bits per heavy atom. The highest BCUT2D eigenvalue weighted by atomic mass is 79.9. The normalized spacial score (nSPS) is 10.7. The van der Waals surface area contributed by atoms with Crippen molar-refractivity contribution < 1.29 is 9.53 Å². The number of carbonyl (C=O) groups excluding carboxylic acids is 1. The van der Waals surface area contributed by atoms with Gasteiger partial charge in [0, 0.05) is 5.02 Å². The average molecular weight is 507 g/mol. The van der Waals surface area contributed by atoms with Crippen molar-refractivity contribution in [1.29, 1.82) is 0 Å². The smallest absolute Gasteiger partial charge is 0.214 e. The lowest BCUT2D eigenvalue weighted by atomic mass is 10.1. The number of carbonyl (C=O) groups is 1. The molecule has 1 aromatic carbocycles. The Kier molecular flexibility index (Phi) is 5.24. The Morgan fingerprint density at radius 3 is 2.35 bits per heavy atom. The van der Waals surface area contributed by atoms with Crippen LogP contribution in [-0.2, 0) is 0 Å². The molecule has 0 saturated heterocycles. The highest BCUT2D eigenvalue weighted by molar-refractivity contribution is 9.14. The summed E-state index contributed by atoms with van der Waals surface area (Å²) in [5, 5.41) is 0.643. The molecular formula is C12H6Br3Cl2NO2. The largest absolute Gasteiger partial charge is 0.494 e. The number of benzene rings is 1.